The lowest BCUT2D eigenvalue weighted by Gasteiger charge is -2.35. The van der Waals surface area contributed by atoms with Crippen molar-refractivity contribution in [2.24, 2.45) is 5.73 Å². The number of nitrogens with two attached hydrogens (primary N) is 1. The lowest BCUT2D eigenvalue weighted by atomic mass is 10.0. The molecule has 1 atom stereocenters. The molecule has 1 unspecified atom stereocenters. The number of halogens is 1. The van der Waals surface area contributed by atoms with Crippen LogP contribution in [0.15, 0.2) is 24.3 Å². The molecule has 0 aliphatic carbocycles. The van der Waals surface area contributed by atoms with Crippen LogP contribution in [0.5, 0.6) is 5.75 Å². The van der Waals surface area contributed by atoms with Crippen LogP contribution in [0.3, 0.4) is 0 Å². The first-order chi connectivity index (χ1) is 9.72. The molecule has 2 rings (SSSR count). The normalized spacial score (nSPS) is 17.8. The van der Waals surface area contributed by atoms with Gasteiger partial charge < -0.3 is 20.7 Å². The lowest BCUT2D eigenvalue weighted by molar-refractivity contribution is -0.121. The molecule has 1 saturated heterocycles. The number of nitrogens with zero attached hydrogens (tertiary/aromatic N) is 1. The van der Waals surface area contributed by atoms with Crippen molar-refractivity contribution in [2.45, 2.75) is 25.3 Å². The molecule has 0 spiro atoms. The maximum atomic E-state index is 11.6. The molecule has 118 valence electrons. The van der Waals surface area contributed by atoms with Crippen LogP contribution < -0.4 is 20.7 Å². The Balaban J connectivity index is 0.00000220. The Hall–Kier alpha value is -1.46. The van der Waals surface area contributed by atoms with E-state index in [1.807, 2.05) is 18.2 Å². The SMILES string of the molecule is COc1cccc(N2CCCC(NC(=O)CCN)C2)c1.Cl. The number of amides is 1. The molecule has 0 bridgehead atoms. The zero-order chi connectivity index (χ0) is 14.4. The van der Waals surface area contributed by atoms with Gasteiger partial charge in [0, 0.05) is 43.9 Å². The van der Waals surface area contributed by atoms with Crippen LogP contribution in [0.1, 0.15) is 19.3 Å². The summed E-state index contributed by atoms with van der Waals surface area (Å²) < 4.78 is 5.26. The summed E-state index contributed by atoms with van der Waals surface area (Å²) in [5.74, 6) is 0.904. The fourth-order valence-electron chi connectivity index (χ4n) is 2.57. The summed E-state index contributed by atoms with van der Waals surface area (Å²) in [5, 5.41) is 3.06. The van der Waals surface area contributed by atoms with E-state index < -0.39 is 0 Å². The number of rotatable bonds is 5. The van der Waals surface area contributed by atoms with Gasteiger partial charge in [0.1, 0.15) is 5.75 Å². The molecule has 1 aromatic rings. The second-order valence-corrected chi connectivity index (χ2v) is 5.09. The molecular formula is C15H24ClN3O2. The van der Waals surface area contributed by atoms with Crippen molar-refractivity contribution in [1.29, 1.82) is 0 Å². The summed E-state index contributed by atoms with van der Waals surface area (Å²) in [6.07, 6.45) is 2.50. The quantitative estimate of drug-likeness (QED) is 0.865. The average molecular weight is 314 g/mol. The number of hydrogen-bond donors (Lipinski definition) is 2. The van der Waals surface area contributed by atoms with E-state index in [1.165, 1.54) is 0 Å². The number of nitrogens with one attached hydrogen (secondary N) is 1. The Kier molecular flexibility index (Phi) is 7.32. The van der Waals surface area contributed by atoms with Gasteiger partial charge in [0.2, 0.25) is 5.91 Å². The van der Waals surface area contributed by atoms with Crippen LogP contribution in [-0.4, -0.2) is 38.7 Å². The molecule has 21 heavy (non-hydrogen) atoms. The molecule has 1 heterocycles. The largest absolute Gasteiger partial charge is 0.497 e. The number of anilines is 1. The van der Waals surface area contributed by atoms with Gasteiger partial charge in [-0.3, -0.25) is 4.79 Å². The van der Waals surface area contributed by atoms with Crippen LogP contribution in [-0.2, 0) is 4.79 Å². The van der Waals surface area contributed by atoms with Crippen molar-refractivity contribution in [3.8, 4) is 5.75 Å². The average Bonchev–Trinajstić information content (AvgIpc) is 2.48. The number of hydrogen-bond acceptors (Lipinski definition) is 4. The minimum atomic E-state index is 0. The van der Waals surface area contributed by atoms with Crippen LogP contribution in [0, 0.1) is 0 Å². The number of ether oxygens (including phenoxy) is 1. The Morgan fingerprint density at radius 3 is 3.05 bits per heavy atom. The summed E-state index contributed by atoms with van der Waals surface area (Å²) in [6.45, 7) is 2.25. The minimum Gasteiger partial charge on any atom is -0.497 e. The molecule has 6 heteroatoms. The van der Waals surface area contributed by atoms with Crippen LogP contribution in [0.4, 0.5) is 5.69 Å². The molecule has 3 N–H and O–H groups in total. The summed E-state index contributed by atoms with van der Waals surface area (Å²) in [4.78, 5) is 13.9. The molecular weight excluding hydrogens is 290 g/mol. The van der Waals surface area contributed by atoms with E-state index in [0.29, 0.717) is 13.0 Å². The third kappa shape index (κ3) is 5.10. The zero-order valence-corrected chi connectivity index (χ0v) is 13.2. The monoisotopic (exact) mass is 313 g/mol. The third-order valence-corrected chi connectivity index (χ3v) is 3.58. The second kappa shape index (κ2) is 8.74. The van der Waals surface area contributed by atoms with E-state index in [0.717, 1.165) is 37.4 Å². The fraction of sp³-hybridized carbons (Fsp3) is 0.533. The molecule has 5 nitrogen and oxygen atoms in total. The highest BCUT2D eigenvalue weighted by atomic mass is 35.5. The predicted octanol–water partition coefficient (Wildman–Crippen LogP) is 1.55. The van der Waals surface area contributed by atoms with Gasteiger partial charge in [-0.25, -0.2) is 0 Å². The Labute approximate surface area is 132 Å². The van der Waals surface area contributed by atoms with Gasteiger partial charge in [-0.15, -0.1) is 12.4 Å². The molecule has 1 aromatic carbocycles. The van der Waals surface area contributed by atoms with Crippen molar-refractivity contribution in [2.75, 3.05) is 31.6 Å². The zero-order valence-electron chi connectivity index (χ0n) is 12.4. The van der Waals surface area contributed by atoms with E-state index in [1.54, 1.807) is 7.11 Å². The number of benzene rings is 1. The van der Waals surface area contributed by atoms with Crippen molar-refractivity contribution in [1.82, 2.24) is 5.32 Å². The standard InChI is InChI=1S/C15H23N3O2.ClH/c1-20-14-6-2-5-13(10-14)18-9-3-4-12(11-18)17-15(19)7-8-16;/h2,5-6,10,12H,3-4,7-9,11,16H2,1H3,(H,17,19);1H. The van der Waals surface area contributed by atoms with Gasteiger partial charge in [0.25, 0.3) is 0 Å². The first-order valence-corrected chi connectivity index (χ1v) is 7.11. The van der Waals surface area contributed by atoms with E-state index >= 15 is 0 Å². The minimum absolute atomic E-state index is 0. The maximum Gasteiger partial charge on any atom is 0.221 e. The topological polar surface area (TPSA) is 67.6 Å². The maximum absolute atomic E-state index is 11.6. The molecule has 1 amide bonds. The molecule has 1 aliphatic rings. The van der Waals surface area contributed by atoms with Crippen LogP contribution in [0.2, 0.25) is 0 Å². The van der Waals surface area contributed by atoms with Gasteiger partial charge >= 0.3 is 0 Å². The number of carbonyl (C=O) groups excluding carboxylic acids is 1. The van der Waals surface area contributed by atoms with Gasteiger partial charge in [-0.05, 0) is 25.0 Å². The van der Waals surface area contributed by atoms with Gasteiger partial charge in [0.05, 0.1) is 7.11 Å². The highest BCUT2D eigenvalue weighted by Crippen LogP contribution is 2.24. The van der Waals surface area contributed by atoms with Gasteiger partial charge in [-0.1, -0.05) is 6.07 Å². The molecule has 0 aromatic heterocycles. The second-order valence-electron chi connectivity index (χ2n) is 5.09. The number of methoxy groups -OCH3 is 1. The molecule has 1 aliphatic heterocycles. The molecule has 1 fully saturated rings. The Morgan fingerprint density at radius 2 is 2.33 bits per heavy atom. The number of carbonyl (C=O) groups is 1. The number of piperidine rings is 1. The van der Waals surface area contributed by atoms with Crippen molar-refractivity contribution in [3.63, 3.8) is 0 Å². The van der Waals surface area contributed by atoms with E-state index in [2.05, 4.69) is 16.3 Å². The highest BCUT2D eigenvalue weighted by Gasteiger charge is 2.21. The van der Waals surface area contributed by atoms with E-state index in [9.17, 15) is 4.79 Å². The first kappa shape index (κ1) is 17.6. The smallest absolute Gasteiger partial charge is 0.221 e. The Bertz CT molecular complexity index is 456. The van der Waals surface area contributed by atoms with Crippen molar-refractivity contribution in [3.05, 3.63) is 24.3 Å². The van der Waals surface area contributed by atoms with Crippen molar-refractivity contribution < 1.29 is 9.53 Å². The van der Waals surface area contributed by atoms with Crippen LogP contribution >= 0.6 is 12.4 Å². The summed E-state index contributed by atoms with van der Waals surface area (Å²) in [7, 11) is 1.67. The predicted molar refractivity (Wildman–Crippen MR) is 87.3 cm³/mol. The summed E-state index contributed by atoms with van der Waals surface area (Å²) >= 11 is 0. The van der Waals surface area contributed by atoms with Gasteiger partial charge in [-0.2, -0.15) is 0 Å². The first-order valence-electron chi connectivity index (χ1n) is 7.11. The third-order valence-electron chi connectivity index (χ3n) is 3.58. The van der Waals surface area contributed by atoms with Gasteiger partial charge in [0.15, 0.2) is 0 Å². The molecule has 0 radical (unpaired) electrons. The Morgan fingerprint density at radius 1 is 1.52 bits per heavy atom. The van der Waals surface area contributed by atoms with Crippen LogP contribution in [0.25, 0.3) is 0 Å². The molecule has 0 saturated carbocycles. The van der Waals surface area contributed by atoms with E-state index in [-0.39, 0.29) is 24.4 Å². The van der Waals surface area contributed by atoms with Crippen molar-refractivity contribution >= 4 is 24.0 Å². The highest BCUT2D eigenvalue weighted by molar-refractivity contribution is 5.85. The fourth-order valence-corrected chi connectivity index (χ4v) is 2.57. The van der Waals surface area contributed by atoms with E-state index in [4.69, 9.17) is 10.5 Å². The summed E-state index contributed by atoms with van der Waals surface area (Å²) in [5.41, 5.74) is 6.54. The summed E-state index contributed by atoms with van der Waals surface area (Å²) in [6, 6.07) is 8.24. The lowest BCUT2D eigenvalue weighted by Crippen LogP contribution is -2.48.